The Bertz CT molecular complexity index is 523. The molecule has 1 aromatic carbocycles. The molecule has 1 unspecified atom stereocenters. The normalized spacial score (nSPS) is 11.8. The lowest BCUT2D eigenvalue weighted by Gasteiger charge is -2.15. The topological polar surface area (TPSA) is 84.3 Å². The fourth-order valence-electron chi connectivity index (χ4n) is 1.51. The van der Waals surface area contributed by atoms with Crippen LogP contribution in [0.25, 0.3) is 0 Å². The van der Waals surface area contributed by atoms with E-state index in [1.807, 2.05) is 6.92 Å². The van der Waals surface area contributed by atoms with Gasteiger partial charge in [-0.2, -0.15) is 0 Å². The van der Waals surface area contributed by atoms with E-state index in [9.17, 15) is 23.7 Å². The van der Waals surface area contributed by atoms with Crippen molar-refractivity contribution < 1.29 is 18.5 Å². The Labute approximate surface area is 114 Å². The molecular formula is C12H15F2N3O3. The zero-order chi connectivity index (χ0) is 15.3. The molecule has 110 valence electrons. The first-order chi connectivity index (χ1) is 9.38. The number of halogens is 2. The van der Waals surface area contributed by atoms with E-state index >= 15 is 0 Å². The zero-order valence-corrected chi connectivity index (χ0v) is 11.1. The molecule has 0 saturated heterocycles. The van der Waals surface area contributed by atoms with E-state index in [1.54, 1.807) is 0 Å². The summed E-state index contributed by atoms with van der Waals surface area (Å²) in [4.78, 5) is 21.6. The number of benzene rings is 1. The van der Waals surface area contributed by atoms with E-state index in [-0.39, 0.29) is 0 Å². The number of hydrogen-bond donors (Lipinski definition) is 2. The maximum absolute atomic E-state index is 13.6. The van der Waals surface area contributed by atoms with Gasteiger partial charge in [0.25, 0.3) is 5.69 Å². The molecule has 0 aliphatic rings. The molecular weight excluding hydrogens is 272 g/mol. The summed E-state index contributed by atoms with van der Waals surface area (Å²) in [5.41, 5.74) is -1.26. The van der Waals surface area contributed by atoms with Crippen molar-refractivity contribution in [2.45, 2.75) is 26.3 Å². The van der Waals surface area contributed by atoms with Gasteiger partial charge in [-0.15, -0.1) is 0 Å². The highest BCUT2D eigenvalue weighted by atomic mass is 19.2. The number of rotatable bonds is 6. The molecule has 0 fully saturated rings. The van der Waals surface area contributed by atoms with Gasteiger partial charge in [-0.05, 0) is 19.4 Å². The van der Waals surface area contributed by atoms with Crippen LogP contribution in [-0.4, -0.2) is 23.4 Å². The standard InChI is InChI=1S/C12H15F2N3O3/c1-3-6-15-12(18)7(2)16-11-9(17(19)20)5-4-8(13)10(11)14/h4-5,7,16H,3,6H2,1-2H3,(H,15,18). The number of nitrogens with one attached hydrogen (secondary N) is 2. The fraction of sp³-hybridized carbons (Fsp3) is 0.417. The lowest BCUT2D eigenvalue weighted by Crippen LogP contribution is -2.38. The second-order valence-corrected chi connectivity index (χ2v) is 4.17. The number of amides is 1. The maximum Gasteiger partial charge on any atom is 0.295 e. The number of hydrogen-bond acceptors (Lipinski definition) is 4. The van der Waals surface area contributed by atoms with Gasteiger partial charge in [-0.3, -0.25) is 14.9 Å². The van der Waals surface area contributed by atoms with Crippen LogP contribution in [0.5, 0.6) is 0 Å². The molecule has 0 aromatic heterocycles. The molecule has 8 heteroatoms. The van der Waals surface area contributed by atoms with Gasteiger partial charge in [0.2, 0.25) is 5.91 Å². The van der Waals surface area contributed by atoms with Gasteiger partial charge in [-0.1, -0.05) is 6.92 Å². The zero-order valence-electron chi connectivity index (χ0n) is 11.1. The van der Waals surface area contributed by atoms with E-state index in [1.165, 1.54) is 6.92 Å². The Balaban J connectivity index is 2.98. The van der Waals surface area contributed by atoms with E-state index < -0.39 is 39.9 Å². The van der Waals surface area contributed by atoms with Gasteiger partial charge in [0, 0.05) is 12.6 Å². The van der Waals surface area contributed by atoms with Gasteiger partial charge in [0.15, 0.2) is 17.3 Å². The van der Waals surface area contributed by atoms with Crippen LogP contribution in [-0.2, 0) is 4.79 Å². The first-order valence-electron chi connectivity index (χ1n) is 6.05. The number of carbonyl (C=O) groups is 1. The lowest BCUT2D eigenvalue weighted by molar-refractivity contribution is -0.384. The molecule has 2 N–H and O–H groups in total. The Morgan fingerprint density at radius 3 is 2.65 bits per heavy atom. The molecule has 6 nitrogen and oxygen atoms in total. The molecule has 1 rings (SSSR count). The molecule has 0 spiro atoms. The van der Waals surface area contributed by atoms with Crippen LogP contribution in [0.15, 0.2) is 12.1 Å². The van der Waals surface area contributed by atoms with E-state index in [0.717, 1.165) is 6.07 Å². The highest BCUT2D eigenvalue weighted by Gasteiger charge is 2.24. The van der Waals surface area contributed by atoms with Gasteiger partial charge in [-0.25, -0.2) is 8.78 Å². The fourth-order valence-corrected chi connectivity index (χ4v) is 1.51. The Kier molecular flexibility index (Phi) is 5.36. The van der Waals surface area contributed by atoms with Crippen LogP contribution in [0.3, 0.4) is 0 Å². The van der Waals surface area contributed by atoms with E-state index in [0.29, 0.717) is 19.0 Å². The molecule has 0 aliphatic carbocycles. The minimum Gasteiger partial charge on any atom is -0.366 e. The Morgan fingerprint density at radius 1 is 1.45 bits per heavy atom. The van der Waals surface area contributed by atoms with Crippen molar-refractivity contribution in [1.29, 1.82) is 0 Å². The highest BCUT2D eigenvalue weighted by Crippen LogP contribution is 2.29. The number of nitro groups is 1. The average molecular weight is 287 g/mol. The number of nitrogens with zero attached hydrogens (tertiary/aromatic N) is 1. The largest absolute Gasteiger partial charge is 0.366 e. The van der Waals surface area contributed by atoms with Crippen molar-refractivity contribution in [3.63, 3.8) is 0 Å². The molecule has 0 heterocycles. The van der Waals surface area contributed by atoms with E-state index in [2.05, 4.69) is 10.6 Å². The van der Waals surface area contributed by atoms with Crippen LogP contribution in [0, 0.1) is 21.7 Å². The molecule has 0 radical (unpaired) electrons. The summed E-state index contributed by atoms with van der Waals surface area (Å²) < 4.78 is 26.8. The van der Waals surface area contributed by atoms with Crippen molar-refractivity contribution in [3.8, 4) is 0 Å². The predicted octanol–water partition coefficient (Wildman–Crippen LogP) is 2.20. The van der Waals surface area contributed by atoms with Crippen LogP contribution in [0.4, 0.5) is 20.2 Å². The number of anilines is 1. The Morgan fingerprint density at radius 2 is 2.10 bits per heavy atom. The summed E-state index contributed by atoms with van der Waals surface area (Å²) in [5.74, 6) is -3.06. The molecule has 0 aliphatic heterocycles. The first-order valence-corrected chi connectivity index (χ1v) is 6.05. The molecule has 1 atom stereocenters. The summed E-state index contributed by atoms with van der Waals surface area (Å²) in [6, 6.07) is 0.578. The maximum atomic E-state index is 13.6. The minimum atomic E-state index is -1.38. The molecule has 1 amide bonds. The molecule has 0 saturated carbocycles. The predicted molar refractivity (Wildman–Crippen MR) is 69.4 cm³/mol. The quantitative estimate of drug-likeness (QED) is 0.620. The van der Waals surface area contributed by atoms with Crippen molar-refractivity contribution in [2.75, 3.05) is 11.9 Å². The summed E-state index contributed by atoms with van der Waals surface area (Å²) in [5, 5.41) is 15.7. The van der Waals surface area contributed by atoms with Crippen molar-refractivity contribution in [1.82, 2.24) is 5.32 Å². The first kappa shape index (κ1) is 15.8. The van der Waals surface area contributed by atoms with Crippen LogP contribution >= 0.6 is 0 Å². The van der Waals surface area contributed by atoms with E-state index in [4.69, 9.17) is 0 Å². The smallest absolute Gasteiger partial charge is 0.295 e. The summed E-state index contributed by atoms with van der Waals surface area (Å²) in [6.07, 6.45) is 0.715. The lowest BCUT2D eigenvalue weighted by atomic mass is 10.2. The minimum absolute atomic E-state index is 0.429. The van der Waals surface area contributed by atoms with Crippen LogP contribution in [0.1, 0.15) is 20.3 Å². The molecule has 20 heavy (non-hydrogen) atoms. The van der Waals surface area contributed by atoms with Crippen molar-refractivity contribution in [3.05, 3.63) is 33.9 Å². The third kappa shape index (κ3) is 3.62. The molecule has 1 aromatic rings. The summed E-state index contributed by atoms with van der Waals surface area (Å²) in [6.45, 7) is 3.69. The number of nitro benzene ring substituents is 1. The summed E-state index contributed by atoms with van der Waals surface area (Å²) in [7, 11) is 0. The van der Waals surface area contributed by atoms with Crippen molar-refractivity contribution in [2.24, 2.45) is 0 Å². The van der Waals surface area contributed by atoms with Gasteiger partial charge in [0.05, 0.1) is 4.92 Å². The van der Waals surface area contributed by atoms with Crippen LogP contribution < -0.4 is 10.6 Å². The SMILES string of the molecule is CCCNC(=O)C(C)Nc1c([N+](=O)[O-])ccc(F)c1F. The third-order valence-corrected chi connectivity index (χ3v) is 2.57. The van der Waals surface area contributed by atoms with Crippen LogP contribution in [0.2, 0.25) is 0 Å². The second-order valence-electron chi connectivity index (χ2n) is 4.17. The third-order valence-electron chi connectivity index (χ3n) is 2.57. The van der Waals surface area contributed by atoms with Gasteiger partial charge < -0.3 is 10.6 Å². The monoisotopic (exact) mass is 287 g/mol. The van der Waals surface area contributed by atoms with Crippen molar-refractivity contribution >= 4 is 17.3 Å². The Hall–Kier alpha value is -2.25. The second kappa shape index (κ2) is 6.78. The van der Waals surface area contributed by atoms with Gasteiger partial charge >= 0.3 is 0 Å². The highest BCUT2D eigenvalue weighted by molar-refractivity contribution is 5.85. The molecule has 0 bridgehead atoms. The average Bonchev–Trinajstić information content (AvgIpc) is 2.40. The summed E-state index contributed by atoms with van der Waals surface area (Å²) >= 11 is 0. The number of carbonyl (C=O) groups excluding carboxylic acids is 1. The van der Waals surface area contributed by atoms with Gasteiger partial charge in [0.1, 0.15) is 6.04 Å².